The number of hydrogen-bond acceptors (Lipinski definition) is 8. The summed E-state index contributed by atoms with van der Waals surface area (Å²) in [7, 11) is 1.56. The van der Waals surface area contributed by atoms with Gasteiger partial charge in [0.05, 0.1) is 5.75 Å². The van der Waals surface area contributed by atoms with Crippen molar-refractivity contribution in [3.63, 3.8) is 0 Å². The van der Waals surface area contributed by atoms with Crippen LogP contribution in [0.1, 0.15) is 10.4 Å². The van der Waals surface area contributed by atoms with E-state index >= 15 is 0 Å². The van der Waals surface area contributed by atoms with Gasteiger partial charge in [-0.05, 0) is 42.5 Å². The van der Waals surface area contributed by atoms with E-state index in [1.54, 1.807) is 49.5 Å². The molecule has 1 aliphatic rings. The molecule has 0 aliphatic carbocycles. The molecule has 29 heavy (non-hydrogen) atoms. The third kappa shape index (κ3) is 4.32. The molecule has 2 heterocycles. The van der Waals surface area contributed by atoms with Crippen molar-refractivity contribution in [2.24, 2.45) is 0 Å². The number of benzene rings is 2. The van der Waals surface area contributed by atoms with E-state index in [4.69, 9.17) is 13.9 Å². The van der Waals surface area contributed by atoms with E-state index in [0.717, 1.165) is 11.8 Å². The summed E-state index contributed by atoms with van der Waals surface area (Å²) in [4.78, 5) is 23.7. The number of nitrogens with zero attached hydrogens (tertiary/aromatic N) is 2. The van der Waals surface area contributed by atoms with Crippen molar-refractivity contribution >= 4 is 29.3 Å². The first-order chi connectivity index (χ1) is 14.1. The lowest BCUT2D eigenvalue weighted by molar-refractivity contribution is -0.113. The Bertz CT molecular complexity index is 1050. The molecule has 0 spiro atoms. The fourth-order valence-electron chi connectivity index (χ4n) is 2.59. The first kappa shape index (κ1) is 18.8. The summed E-state index contributed by atoms with van der Waals surface area (Å²) >= 11 is 1.13. The number of rotatable bonds is 6. The Kier molecular flexibility index (Phi) is 5.34. The fraction of sp³-hybridized carbons (Fsp3) is 0.158. The lowest BCUT2D eigenvalue weighted by Gasteiger charge is -2.05. The largest absolute Gasteiger partial charge is 0.454 e. The topological polar surface area (TPSA) is 116 Å². The molecule has 3 aromatic rings. The molecule has 2 aromatic carbocycles. The number of aromatic nitrogens is 2. The molecule has 2 amide bonds. The Morgan fingerprint density at radius 2 is 1.86 bits per heavy atom. The SMILES string of the molecule is CNC(=O)c1ccc(NC(=O)CSc2nnc(-c3ccc4c(c3)OCO4)o2)cc1. The van der Waals surface area contributed by atoms with Gasteiger partial charge < -0.3 is 24.5 Å². The van der Waals surface area contributed by atoms with Crippen LogP contribution < -0.4 is 20.1 Å². The van der Waals surface area contributed by atoms with Gasteiger partial charge in [0.15, 0.2) is 11.5 Å². The minimum absolute atomic E-state index is 0.0972. The van der Waals surface area contributed by atoms with Gasteiger partial charge in [-0.15, -0.1) is 10.2 Å². The molecule has 0 bridgehead atoms. The van der Waals surface area contributed by atoms with Gasteiger partial charge in [-0.1, -0.05) is 11.8 Å². The van der Waals surface area contributed by atoms with Gasteiger partial charge in [0.1, 0.15) is 0 Å². The number of fused-ring (bicyclic) bond motifs is 1. The molecular weight excluding hydrogens is 396 g/mol. The van der Waals surface area contributed by atoms with Crippen LogP contribution in [0.3, 0.4) is 0 Å². The standard InChI is InChI=1S/C19H16N4O5S/c1-20-17(25)11-2-5-13(6-3-11)21-16(24)9-29-19-23-22-18(28-19)12-4-7-14-15(8-12)27-10-26-14/h2-8H,9-10H2,1H3,(H,20,25)(H,21,24). The van der Waals surface area contributed by atoms with Gasteiger partial charge in [-0.2, -0.15) is 0 Å². The highest BCUT2D eigenvalue weighted by Crippen LogP contribution is 2.36. The summed E-state index contributed by atoms with van der Waals surface area (Å²) in [6.07, 6.45) is 0. The molecule has 1 aromatic heterocycles. The third-order valence-corrected chi connectivity index (χ3v) is 4.83. The Morgan fingerprint density at radius 3 is 2.66 bits per heavy atom. The van der Waals surface area contributed by atoms with E-state index in [0.29, 0.717) is 34.2 Å². The van der Waals surface area contributed by atoms with Gasteiger partial charge in [0.25, 0.3) is 11.1 Å². The van der Waals surface area contributed by atoms with Crippen LogP contribution in [0.4, 0.5) is 5.69 Å². The van der Waals surface area contributed by atoms with Crippen LogP contribution in [0.15, 0.2) is 52.1 Å². The smallest absolute Gasteiger partial charge is 0.277 e. The van der Waals surface area contributed by atoms with Crippen molar-refractivity contribution < 1.29 is 23.5 Å². The van der Waals surface area contributed by atoms with Crippen LogP contribution in [0.5, 0.6) is 11.5 Å². The molecule has 9 nitrogen and oxygen atoms in total. The van der Waals surface area contributed by atoms with Crippen molar-refractivity contribution in [3.05, 3.63) is 48.0 Å². The van der Waals surface area contributed by atoms with E-state index < -0.39 is 0 Å². The van der Waals surface area contributed by atoms with E-state index in [2.05, 4.69) is 20.8 Å². The Morgan fingerprint density at radius 1 is 1.07 bits per heavy atom. The zero-order valence-corrected chi connectivity index (χ0v) is 16.1. The van der Waals surface area contributed by atoms with Gasteiger partial charge in [0.2, 0.25) is 18.6 Å². The summed E-state index contributed by atoms with van der Waals surface area (Å²) in [5.74, 6) is 1.30. The van der Waals surface area contributed by atoms with Crippen LogP contribution >= 0.6 is 11.8 Å². The molecule has 0 unspecified atom stereocenters. The molecule has 10 heteroatoms. The van der Waals surface area contributed by atoms with Crippen LogP contribution in [-0.4, -0.2) is 41.6 Å². The van der Waals surface area contributed by atoms with E-state index in [1.807, 2.05) is 0 Å². The predicted octanol–water partition coefficient (Wildman–Crippen LogP) is 2.56. The van der Waals surface area contributed by atoms with E-state index in [9.17, 15) is 9.59 Å². The maximum absolute atomic E-state index is 12.1. The van der Waals surface area contributed by atoms with Gasteiger partial charge >= 0.3 is 0 Å². The quantitative estimate of drug-likeness (QED) is 0.594. The van der Waals surface area contributed by atoms with Crippen molar-refractivity contribution in [2.75, 3.05) is 24.9 Å². The Hall–Kier alpha value is -3.53. The van der Waals surface area contributed by atoms with Gasteiger partial charge in [0, 0.05) is 23.9 Å². The average molecular weight is 412 g/mol. The summed E-state index contributed by atoms with van der Waals surface area (Å²) < 4.78 is 16.2. The zero-order valence-electron chi connectivity index (χ0n) is 15.3. The molecule has 4 rings (SSSR count). The van der Waals surface area contributed by atoms with Gasteiger partial charge in [-0.3, -0.25) is 9.59 Å². The summed E-state index contributed by atoms with van der Waals surface area (Å²) in [5.41, 5.74) is 1.81. The number of anilines is 1. The number of nitrogens with one attached hydrogen (secondary N) is 2. The Labute approximate surface area is 169 Å². The highest BCUT2D eigenvalue weighted by Gasteiger charge is 2.17. The number of hydrogen-bond donors (Lipinski definition) is 2. The lowest BCUT2D eigenvalue weighted by atomic mass is 10.2. The maximum atomic E-state index is 12.1. The summed E-state index contributed by atoms with van der Waals surface area (Å²) in [5, 5.41) is 13.5. The molecular formula is C19H16N4O5S. The van der Waals surface area contributed by atoms with Crippen molar-refractivity contribution in [1.82, 2.24) is 15.5 Å². The zero-order chi connectivity index (χ0) is 20.2. The highest BCUT2D eigenvalue weighted by molar-refractivity contribution is 7.99. The molecule has 0 fully saturated rings. The highest BCUT2D eigenvalue weighted by atomic mass is 32.2. The maximum Gasteiger partial charge on any atom is 0.277 e. The van der Waals surface area contributed by atoms with Crippen LogP contribution in [0.25, 0.3) is 11.5 Å². The number of ether oxygens (including phenoxy) is 2. The van der Waals surface area contributed by atoms with Crippen molar-refractivity contribution in [3.8, 4) is 23.0 Å². The lowest BCUT2D eigenvalue weighted by Crippen LogP contribution is -2.18. The fourth-order valence-corrected chi connectivity index (χ4v) is 3.15. The number of thioether (sulfide) groups is 1. The summed E-state index contributed by atoms with van der Waals surface area (Å²) in [6.45, 7) is 0.188. The first-order valence-electron chi connectivity index (χ1n) is 8.61. The molecule has 2 N–H and O–H groups in total. The van der Waals surface area contributed by atoms with Crippen LogP contribution in [-0.2, 0) is 4.79 Å². The molecule has 0 atom stereocenters. The van der Waals surface area contributed by atoms with Gasteiger partial charge in [-0.25, -0.2) is 0 Å². The molecule has 0 saturated heterocycles. The number of carbonyl (C=O) groups excluding carboxylic acids is 2. The monoisotopic (exact) mass is 412 g/mol. The Balaban J connectivity index is 1.32. The second-order valence-corrected chi connectivity index (χ2v) is 6.86. The number of carbonyl (C=O) groups is 2. The van der Waals surface area contributed by atoms with Crippen LogP contribution in [0, 0.1) is 0 Å². The normalized spacial score (nSPS) is 11.9. The first-order valence-corrected chi connectivity index (χ1v) is 9.59. The van der Waals surface area contributed by atoms with E-state index in [1.165, 1.54) is 0 Å². The molecule has 0 saturated carbocycles. The van der Waals surface area contributed by atoms with E-state index in [-0.39, 0.29) is 29.6 Å². The van der Waals surface area contributed by atoms with Crippen molar-refractivity contribution in [2.45, 2.75) is 5.22 Å². The minimum Gasteiger partial charge on any atom is -0.454 e. The number of amides is 2. The molecule has 148 valence electrons. The summed E-state index contributed by atoms with van der Waals surface area (Å²) in [6, 6.07) is 11.9. The second-order valence-electron chi connectivity index (χ2n) is 5.93. The predicted molar refractivity (Wildman–Crippen MR) is 105 cm³/mol. The third-order valence-electron chi connectivity index (χ3n) is 4.01. The molecule has 1 aliphatic heterocycles. The minimum atomic E-state index is -0.231. The molecule has 0 radical (unpaired) electrons. The van der Waals surface area contributed by atoms with Crippen LogP contribution in [0.2, 0.25) is 0 Å². The average Bonchev–Trinajstić information content (AvgIpc) is 3.41. The van der Waals surface area contributed by atoms with Crippen molar-refractivity contribution in [1.29, 1.82) is 0 Å². The second kappa shape index (κ2) is 8.23.